The average molecular weight is 197 g/mol. The highest BCUT2D eigenvalue weighted by molar-refractivity contribution is 5.03. The normalized spacial score (nSPS) is 13.1. The molecule has 1 aromatic heterocycles. The number of aryl methyl sites for hydroxylation is 1. The van der Waals surface area contributed by atoms with E-state index in [0.717, 1.165) is 19.5 Å². The fraction of sp³-hybridized carbons (Fsp3) is 0.700. The summed E-state index contributed by atoms with van der Waals surface area (Å²) in [6.45, 7) is 6.27. The smallest absolute Gasteiger partial charge is 0.0636 e. The van der Waals surface area contributed by atoms with E-state index in [4.69, 9.17) is 5.11 Å². The summed E-state index contributed by atoms with van der Waals surface area (Å²) < 4.78 is 1.94. The van der Waals surface area contributed by atoms with Crippen molar-refractivity contribution in [1.82, 2.24) is 15.1 Å². The molecule has 14 heavy (non-hydrogen) atoms. The van der Waals surface area contributed by atoms with E-state index in [0.29, 0.717) is 6.54 Å². The summed E-state index contributed by atoms with van der Waals surface area (Å²) >= 11 is 0. The highest BCUT2D eigenvalue weighted by Gasteiger charge is 1.98. The lowest BCUT2D eigenvalue weighted by Gasteiger charge is -2.04. The molecule has 0 radical (unpaired) electrons. The van der Waals surface area contributed by atoms with Crippen molar-refractivity contribution >= 4 is 0 Å². The Bertz CT molecular complexity index is 258. The van der Waals surface area contributed by atoms with E-state index in [-0.39, 0.29) is 6.10 Å². The molecule has 2 N–H and O–H groups in total. The third-order valence-corrected chi connectivity index (χ3v) is 1.91. The van der Waals surface area contributed by atoms with Gasteiger partial charge in [-0.3, -0.25) is 4.68 Å². The molecular formula is C10H19N3O. The lowest BCUT2D eigenvalue weighted by atomic mass is 10.3. The molecule has 1 aromatic rings. The van der Waals surface area contributed by atoms with Crippen LogP contribution in [0.1, 0.15) is 25.8 Å². The third kappa shape index (κ3) is 3.89. The van der Waals surface area contributed by atoms with Crippen LogP contribution in [0.5, 0.6) is 0 Å². The Morgan fingerprint density at radius 3 is 3.07 bits per heavy atom. The number of nitrogens with one attached hydrogen (secondary N) is 1. The Kier molecular flexibility index (Phi) is 4.62. The van der Waals surface area contributed by atoms with E-state index in [2.05, 4.69) is 17.3 Å². The molecule has 4 heteroatoms. The summed E-state index contributed by atoms with van der Waals surface area (Å²) in [5.74, 6) is 0. The van der Waals surface area contributed by atoms with Gasteiger partial charge in [0.05, 0.1) is 12.3 Å². The maximum atomic E-state index is 9.04. The molecule has 0 saturated heterocycles. The lowest BCUT2D eigenvalue weighted by Crippen LogP contribution is -2.23. The van der Waals surface area contributed by atoms with Crippen molar-refractivity contribution in [1.29, 1.82) is 0 Å². The van der Waals surface area contributed by atoms with Crippen LogP contribution < -0.4 is 5.32 Å². The van der Waals surface area contributed by atoms with Crippen LogP contribution in [0.25, 0.3) is 0 Å². The van der Waals surface area contributed by atoms with Crippen molar-refractivity contribution in [2.75, 3.05) is 6.54 Å². The second-order valence-electron chi connectivity index (χ2n) is 3.59. The van der Waals surface area contributed by atoms with Crippen molar-refractivity contribution in [2.24, 2.45) is 0 Å². The molecule has 1 unspecified atom stereocenters. The Labute approximate surface area is 84.9 Å². The van der Waals surface area contributed by atoms with Gasteiger partial charge in [-0.05, 0) is 13.3 Å². The molecule has 0 aliphatic carbocycles. The summed E-state index contributed by atoms with van der Waals surface area (Å²) in [6.07, 6.45) is 4.71. The number of hydrogen-bond acceptors (Lipinski definition) is 3. The van der Waals surface area contributed by atoms with Crippen molar-refractivity contribution in [3.8, 4) is 0 Å². The zero-order valence-corrected chi connectivity index (χ0v) is 8.90. The number of rotatable bonds is 6. The van der Waals surface area contributed by atoms with Crippen molar-refractivity contribution in [3.05, 3.63) is 18.0 Å². The summed E-state index contributed by atoms with van der Waals surface area (Å²) in [5.41, 5.74) is 1.17. The number of aliphatic hydroxyl groups is 1. The van der Waals surface area contributed by atoms with Gasteiger partial charge in [-0.25, -0.2) is 0 Å². The quantitative estimate of drug-likeness (QED) is 0.708. The maximum Gasteiger partial charge on any atom is 0.0636 e. The van der Waals surface area contributed by atoms with Gasteiger partial charge >= 0.3 is 0 Å². The molecule has 1 heterocycles. The molecule has 4 nitrogen and oxygen atoms in total. The molecule has 0 aromatic carbocycles. The Morgan fingerprint density at radius 2 is 2.43 bits per heavy atom. The minimum Gasteiger partial charge on any atom is -0.392 e. The predicted molar refractivity (Wildman–Crippen MR) is 55.9 cm³/mol. The first-order valence-corrected chi connectivity index (χ1v) is 5.12. The number of hydrogen-bond donors (Lipinski definition) is 2. The predicted octanol–water partition coefficient (Wildman–Crippen LogP) is 0.763. The topological polar surface area (TPSA) is 50.1 Å². The molecular weight excluding hydrogens is 178 g/mol. The molecule has 0 aliphatic rings. The molecule has 0 amide bonds. The second-order valence-corrected chi connectivity index (χ2v) is 3.59. The summed E-state index contributed by atoms with van der Waals surface area (Å²) in [7, 11) is 0. The average Bonchev–Trinajstić information content (AvgIpc) is 2.53. The summed E-state index contributed by atoms with van der Waals surface area (Å²) in [4.78, 5) is 0. The molecule has 0 bridgehead atoms. The van der Waals surface area contributed by atoms with Gasteiger partial charge in [-0.15, -0.1) is 0 Å². The van der Waals surface area contributed by atoms with Gasteiger partial charge in [0.2, 0.25) is 0 Å². The monoisotopic (exact) mass is 197 g/mol. The Morgan fingerprint density at radius 1 is 1.64 bits per heavy atom. The fourth-order valence-electron chi connectivity index (χ4n) is 1.27. The zero-order valence-electron chi connectivity index (χ0n) is 8.90. The van der Waals surface area contributed by atoms with Gasteiger partial charge in [0.15, 0.2) is 0 Å². The lowest BCUT2D eigenvalue weighted by molar-refractivity contribution is 0.191. The van der Waals surface area contributed by atoms with Crippen molar-refractivity contribution in [2.45, 2.75) is 39.5 Å². The molecule has 1 atom stereocenters. The second kappa shape index (κ2) is 5.78. The largest absolute Gasteiger partial charge is 0.392 e. The summed E-state index contributed by atoms with van der Waals surface area (Å²) in [6, 6.07) is 0. The number of aromatic nitrogens is 2. The molecule has 0 saturated carbocycles. The molecule has 0 spiro atoms. The summed E-state index contributed by atoms with van der Waals surface area (Å²) in [5, 5.41) is 16.4. The molecule has 80 valence electrons. The van der Waals surface area contributed by atoms with E-state index < -0.39 is 0 Å². The highest BCUT2D eigenvalue weighted by atomic mass is 16.3. The van der Waals surface area contributed by atoms with Crippen LogP contribution in [0.2, 0.25) is 0 Å². The first-order chi connectivity index (χ1) is 6.72. The maximum absolute atomic E-state index is 9.04. The van der Waals surface area contributed by atoms with E-state index in [9.17, 15) is 0 Å². The van der Waals surface area contributed by atoms with Crippen molar-refractivity contribution in [3.63, 3.8) is 0 Å². The number of aliphatic hydroxyl groups excluding tert-OH is 1. The Balaban J connectivity index is 2.28. The van der Waals surface area contributed by atoms with E-state index in [1.54, 1.807) is 6.92 Å². The zero-order chi connectivity index (χ0) is 10.4. The van der Waals surface area contributed by atoms with Gasteiger partial charge in [-0.1, -0.05) is 6.92 Å². The fourth-order valence-corrected chi connectivity index (χ4v) is 1.27. The first kappa shape index (κ1) is 11.2. The Hall–Kier alpha value is -0.870. The van der Waals surface area contributed by atoms with Crippen LogP contribution in [0.3, 0.4) is 0 Å². The van der Waals surface area contributed by atoms with Crippen LogP contribution in [0.4, 0.5) is 0 Å². The van der Waals surface area contributed by atoms with Crippen LogP contribution in [-0.4, -0.2) is 27.5 Å². The van der Waals surface area contributed by atoms with Crippen LogP contribution >= 0.6 is 0 Å². The van der Waals surface area contributed by atoms with Gasteiger partial charge < -0.3 is 10.4 Å². The van der Waals surface area contributed by atoms with E-state index >= 15 is 0 Å². The van der Waals surface area contributed by atoms with E-state index in [1.807, 2.05) is 17.1 Å². The minimum atomic E-state index is -0.291. The standard InChI is InChI=1S/C10H19N3O/c1-3-4-13-8-10(7-12-13)6-11-5-9(2)14/h7-9,11,14H,3-6H2,1-2H3. The van der Waals surface area contributed by atoms with Gasteiger partial charge in [0.1, 0.15) is 0 Å². The SMILES string of the molecule is CCCn1cc(CNCC(C)O)cn1. The molecule has 1 rings (SSSR count). The number of nitrogens with zero attached hydrogens (tertiary/aromatic N) is 2. The van der Waals surface area contributed by atoms with Crippen molar-refractivity contribution < 1.29 is 5.11 Å². The van der Waals surface area contributed by atoms with Gasteiger partial charge in [0.25, 0.3) is 0 Å². The van der Waals surface area contributed by atoms with Crippen LogP contribution in [0.15, 0.2) is 12.4 Å². The first-order valence-electron chi connectivity index (χ1n) is 5.12. The molecule has 0 aliphatic heterocycles. The van der Waals surface area contributed by atoms with Crippen LogP contribution in [0, 0.1) is 0 Å². The van der Waals surface area contributed by atoms with Gasteiger partial charge in [-0.2, -0.15) is 5.10 Å². The minimum absolute atomic E-state index is 0.291. The molecule has 0 fully saturated rings. The highest BCUT2D eigenvalue weighted by Crippen LogP contribution is 1.98. The van der Waals surface area contributed by atoms with E-state index in [1.165, 1.54) is 5.56 Å². The third-order valence-electron chi connectivity index (χ3n) is 1.91. The van der Waals surface area contributed by atoms with Crippen LogP contribution in [-0.2, 0) is 13.1 Å². The van der Waals surface area contributed by atoms with Gasteiger partial charge in [0, 0.05) is 31.4 Å².